The number of pyridine rings is 1. The first-order chi connectivity index (χ1) is 16.1. The molecular formula is C25H26ClN3O3S. The monoisotopic (exact) mass is 483 g/mol. The molecule has 1 aliphatic carbocycles. The minimum atomic E-state index is -0.120. The van der Waals surface area contributed by atoms with E-state index in [0.717, 1.165) is 29.4 Å². The molecule has 0 atom stereocenters. The standard InChI is InChI=1S/C25H26ClN3O3S/c26-18-5-4-6-19(13-18)27-25(33)29(20-7-2-1-3-8-20)15-17-11-16-12-22-23(32-10-9-31-22)14-21(16)28-24(17)30/h4-6,11-14,20H,1-3,7-10,15H2,(H,27,33)(H,28,30). The summed E-state index contributed by atoms with van der Waals surface area (Å²) in [6.45, 7) is 1.46. The van der Waals surface area contributed by atoms with Crippen LogP contribution in [0.3, 0.4) is 0 Å². The summed E-state index contributed by atoms with van der Waals surface area (Å²) < 4.78 is 11.4. The first-order valence-corrected chi connectivity index (χ1v) is 12.1. The Morgan fingerprint density at radius 3 is 2.61 bits per heavy atom. The second-order valence-corrected chi connectivity index (χ2v) is 9.39. The van der Waals surface area contributed by atoms with Crippen molar-refractivity contribution in [1.29, 1.82) is 0 Å². The van der Waals surface area contributed by atoms with E-state index in [0.29, 0.717) is 47.0 Å². The van der Waals surface area contributed by atoms with Crippen molar-refractivity contribution in [2.45, 2.75) is 44.7 Å². The Morgan fingerprint density at radius 1 is 1.09 bits per heavy atom. The van der Waals surface area contributed by atoms with E-state index in [1.54, 1.807) is 0 Å². The summed E-state index contributed by atoms with van der Waals surface area (Å²) in [4.78, 5) is 18.2. The summed E-state index contributed by atoms with van der Waals surface area (Å²) in [5.74, 6) is 1.36. The molecule has 2 N–H and O–H groups in total. The highest BCUT2D eigenvalue weighted by atomic mass is 35.5. The Labute approximate surface area is 202 Å². The van der Waals surface area contributed by atoms with Crippen molar-refractivity contribution in [2.24, 2.45) is 0 Å². The van der Waals surface area contributed by atoms with Gasteiger partial charge in [0.1, 0.15) is 13.2 Å². The van der Waals surface area contributed by atoms with Crippen molar-refractivity contribution in [3.05, 3.63) is 63.4 Å². The molecule has 2 heterocycles. The molecule has 0 saturated heterocycles. The molecular weight excluding hydrogens is 458 g/mol. The van der Waals surface area contributed by atoms with E-state index < -0.39 is 0 Å². The Morgan fingerprint density at radius 2 is 1.85 bits per heavy atom. The summed E-state index contributed by atoms with van der Waals surface area (Å²) in [6.07, 6.45) is 5.68. The number of nitrogens with one attached hydrogen (secondary N) is 2. The maximum Gasteiger partial charge on any atom is 0.253 e. The number of halogens is 1. The SMILES string of the molecule is O=c1[nH]c2cc3c(cc2cc1CN(C(=S)Nc1cccc(Cl)c1)C1CCCCC1)OCCO3. The van der Waals surface area contributed by atoms with Crippen molar-refractivity contribution < 1.29 is 9.47 Å². The van der Waals surface area contributed by atoms with Gasteiger partial charge in [-0.25, -0.2) is 0 Å². The van der Waals surface area contributed by atoms with Gasteiger partial charge in [0, 0.05) is 33.8 Å². The average molecular weight is 484 g/mol. The van der Waals surface area contributed by atoms with Crippen LogP contribution in [-0.4, -0.2) is 34.3 Å². The molecule has 33 heavy (non-hydrogen) atoms. The van der Waals surface area contributed by atoms with Gasteiger partial charge in [-0.2, -0.15) is 0 Å². The fourth-order valence-electron chi connectivity index (χ4n) is 4.61. The third-order valence-corrected chi connectivity index (χ3v) is 6.85. The Kier molecular flexibility index (Phi) is 6.42. The van der Waals surface area contributed by atoms with E-state index in [1.807, 2.05) is 42.5 Å². The summed E-state index contributed by atoms with van der Waals surface area (Å²) in [7, 11) is 0. The lowest BCUT2D eigenvalue weighted by Gasteiger charge is -2.36. The third-order valence-electron chi connectivity index (χ3n) is 6.28. The maximum atomic E-state index is 13.0. The van der Waals surface area contributed by atoms with Crippen LogP contribution in [0.5, 0.6) is 11.5 Å². The molecule has 6 nitrogen and oxygen atoms in total. The van der Waals surface area contributed by atoms with Crippen LogP contribution >= 0.6 is 23.8 Å². The normalized spacial score (nSPS) is 15.9. The number of aromatic nitrogens is 1. The summed E-state index contributed by atoms with van der Waals surface area (Å²) in [5.41, 5.74) is 2.12. The molecule has 5 rings (SSSR count). The van der Waals surface area contributed by atoms with Gasteiger partial charge in [0.05, 0.1) is 12.1 Å². The van der Waals surface area contributed by atoms with E-state index in [-0.39, 0.29) is 11.6 Å². The minimum absolute atomic E-state index is 0.120. The van der Waals surface area contributed by atoms with Gasteiger partial charge in [0.15, 0.2) is 16.6 Å². The van der Waals surface area contributed by atoms with Gasteiger partial charge in [0.25, 0.3) is 5.56 Å². The zero-order valence-corrected chi connectivity index (χ0v) is 19.8. The van der Waals surface area contributed by atoms with Crippen molar-refractivity contribution >= 4 is 45.5 Å². The number of thiocarbonyl (C=S) groups is 1. The molecule has 2 aliphatic rings. The van der Waals surface area contributed by atoms with E-state index in [9.17, 15) is 4.79 Å². The number of hydrogen-bond acceptors (Lipinski definition) is 4. The number of ether oxygens (including phenoxy) is 2. The van der Waals surface area contributed by atoms with Gasteiger partial charge >= 0.3 is 0 Å². The van der Waals surface area contributed by atoms with Crippen LogP contribution < -0.4 is 20.3 Å². The maximum absolute atomic E-state index is 13.0. The Bertz CT molecular complexity index is 1240. The molecule has 0 bridgehead atoms. The van der Waals surface area contributed by atoms with Gasteiger partial charge in [0.2, 0.25) is 0 Å². The lowest BCUT2D eigenvalue weighted by atomic mass is 9.94. The van der Waals surface area contributed by atoms with Crippen molar-refractivity contribution in [3.8, 4) is 11.5 Å². The summed E-state index contributed by atoms with van der Waals surface area (Å²) >= 11 is 12.0. The van der Waals surface area contributed by atoms with Crippen molar-refractivity contribution in [3.63, 3.8) is 0 Å². The Balaban J connectivity index is 1.45. The number of rotatable bonds is 4. The summed E-state index contributed by atoms with van der Waals surface area (Å²) in [5, 5.41) is 5.48. The highest BCUT2D eigenvalue weighted by molar-refractivity contribution is 7.80. The fourth-order valence-corrected chi connectivity index (χ4v) is 5.13. The molecule has 0 radical (unpaired) electrons. The number of benzene rings is 2. The molecule has 3 aromatic rings. The van der Waals surface area contributed by atoms with Crippen LogP contribution in [0.4, 0.5) is 5.69 Å². The first-order valence-electron chi connectivity index (χ1n) is 11.4. The van der Waals surface area contributed by atoms with Crippen LogP contribution in [-0.2, 0) is 6.54 Å². The fraction of sp³-hybridized carbons (Fsp3) is 0.360. The molecule has 1 fully saturated rings. The van der Waals surface area contributed by atoms with E-state index >= 15 is 0 Å². The molecule has 2 aromatic carbocycles. The smallest absolute Gasteiger partial charge is 0.253 e. The largest absolute Gasteiger partial charge is 0.486 e. The predicted molar refractivity (Wildman–Crippen MR) is 136 cm³/mol. The van der Waals surface area contributed by atoms with Gasteiger partial charge in [-0.05, 0) is 55.4 Å². The summed E-state index contributed by atoms with van der Waals surface area (Å²) in [6, 6.07) is 13.5. The number of fused-ring (bicyclic) bond motifs is 2. The third kappa shape index (κ3) is 4.94. The predicted octanol–water partition coefficient (Wildman–Crippen LogP) is 5.48. The number of H-pyrrole nitrogens is 1. The highest BCUT2D eigenvalue weighted by Crippen LogP contribution is 2.34. The van der Waals surface area contributed by atoms with Crippen LogP contribution in [0.15, 0.2) is 47.3 Å². The van der Waals surface area contributed by atoms with Gasteiger partial charge < -0.3 is 24.7 Å². The van der Waals surface area contributed by atoms with Crippen LogP contribution in [0.25, 0.3) is 10.9 Å². The zero-order valence-electron chi connectivity index (χ0n) is 18.2. The topological polar surface area (TPSA) is 66.6 Å². The van der Waals surface area contributed by atoms with E-state index in [1.165, 1.54) is 19.3 Å². The molecule has 0 unspecified atom stereocenters. The van der Waals surface area contributed by atoms with Crippen molar-refractivity contribution in [1.82, 2.24) is 9.88 Å². The quantitative estimate of drug-likeness (QED) is 0.479. The second kappa shape index (κ2) is 9.61. The minimum Gasteiger partial charge on any atom is -0.486 e. The number of hydrogen-bond donors (Lipinski definition) is 2. The molecule has 0 amide bonds. The first kappa shape index (κ1) is 22.0. The molecule has 1 aromatic heterocycles. The molecule has 1 saturated carbocycles. The van der Waals surface area contributed by atoms with Crippen LogP contribution in [0.2, 0.25) is 5.02 Å². The zero-order chi connectivity index (χ0) is 22.8. The number of aromatic amines is 1. The Hall–Kier alpha value is -2.77. The molecule has 0 spiro atoms. The second-order valence-electron chi connectivity index (χ2n) is 8.57. The van der Waals surface area contributed by atoms with Crippen LogP contribution in [0.1, 0.15) is 37.7 Å². The van der Waals surface area contributed by atoms with Gasteiger partial charge in [-0.15, -0.1) is 0 Å². The number of nitrogens with zero attached hydrogens (tertiary/aromatic N) is 1. The van der Waals surface area contributed by atoms with Crippen LogP contribution in [0, 0.1) is 0 Å². The van der Waals surface area contributed by atoms with Gasteiger partial charge in [-0.3, -0.25) is 4.79 Å². The number of anilines is 1. The molecule has 172 valence electrons. The lowest BCUT2D eigenvalue weighted by Crippen LogP contribution is -2.44. The van der Waals surface area contributed by atoms with Gasteiger partial charge in [-0.1, -0.05) is 36.9 Å². The average Bonchev–Trinajstić information content (AvgIpc) is 2.82. The highest BCUT2D eigenvalue weighted by Gasteiger charge is 2.25. The molecule has 8 heteroatoms. The lowest BCUT2D eigenvalue weighted by molar-refractivity contribution is 0.172. The molecule has 1 aliphatic heterocycles. The van der Waals surface area contributed by atoms with E-state index in [2.05, 4.69) is 15.2 Å². The van der Waals surface area contributed by atoms with Crippen molar-refractivity contribution in [2.75, 3.05) is 18.5 Å². The van der Waals surface area contributed by atoms with E-state index in [4.69, 9.17) is 33.3 Å².